The highest BCUT2D eigenvalue weighted by atomic mass is 32.2. The summed E-state index contributed by atoms with van der Waals surface area (Å²) >= 11 is 4.37. The highest BCUT2D eigenvalue weighted by Crippen LogP contribution is 2.27. The normalized spacial score (nSPS) is 29.9. The second-order valence-electron chi connectivity index (χ2n) is 5.03. The summed E-state index contributed by atoms with van der Waals surface area (Å²) in [5, 5.41) is -0.267. The molecular weight excluding hydrogens is 232 g/mol. The second-order valence-corrected chi connectivity index (χ2v) is 8.74. The molecule has 3 nitrogen and oxygen atoms in total. The van der Waals surface area contributed by atoms with Gasteiger partial charge in [0.2, 0.25) is 0 Å². The molecule has 0 N–H and O–H groups in total. The van der Waals surface area contributed by atoms with Gasteiger partial charge < -0.3 is 4.74 Å². The summed E-state index contributed by atoms with van der Waals surface area (Å²) in [5.74, 6) is 0. The topological polar surface area (TPSA) is 43.4 Å². The molecule has 0 saturated carbocycles. The summed E-state index contributed by atoms with van der Waals surface area (Å²) in [6.45, 7) is 6.14. The lowest BCUT2D eigenvalue weighted by atomic mass is 10.2. The van der Waals surface area contributed by atoms with Gasteiger partial charge in [-0.05, 0) is 33.6 Å². The number of ether oxygens (including phenoxy) is 1. The van der Waals surface area contributed by atoms with Crippen molar-refractivity contribution in [1.82, 2.24) is 0 Å². The van der Waals surface area contributed by atoms with Crippen LogP contribution in [0.25, 0.3) is 0 Å². The van der Waals surface area contributed by atoms with Crippen LogP contribution in [0.4, 0.5) is 0 Å². The molecule has 0 aromatic carbocycles. The van der Waals surface area contributed by atoms with E-state index in [2.05, 4.69) is 12.6 Å². The van der Waals surface area contributed by atoms with Crippen LogP contribution in [0, 0.1) is 0 Å². The predicted molar refractivity (Wildman–Crippen MR) is 65.3 cm³/mol. The molecule has 1 rings (SSSR count). The molecule has 0 amide bonds. The zero-order valence-corrected chi connectivity index (χ0v) is 11.3. The number of hydrogen-bond acceptors (Lipinski definition) is 4. The van der Waals surface area contributed by atoms with Gasteiger partial charge in [0, 0.05) is 11.9 Å². The number of thiol groups is 1. The van der Waals surface area contributed by atoms with Gasteiger partial charge in [-0.15, -0.1) is 0 Å². The minimum atomic E-state index is -3.13. The minimum Gasteiger partial charge on any atom is -0.380 e. The van der Waals surface area contributed by atoms with Gasteiger partial charge >= 0.3 is 0 Å². The van der Waals surface area contributed by atoms with E-state index in [0.29, 0.717) is 19.6 Å². The summed E-state index contributed by atoms with van der Waals surface area (Å²) in [6, 6.07) is 0. The Morgan fingerprint density at radius 2 is 1.93 bits per heavy atom. The van der Waals surface area contributed by atoms with Crippen LogP contribution in [0.15, 0.2) is 0 Å². The first-order valence-electron chi connectivity index (χ1n) is 5.24. The molecule has 1 fully saturated rings. The number of hydrogen-bond donors (Lipinski definition) is 1. The fraction of sp³-hybridized carbons (Fsp3) is 1.00. The maximum absolute atomic E-state index is 12.2. The highest BCUT2D eigenvalue weighted by molar-refractivity contribution is 7.93. The van der Waals surface area contributed by atoms with Crippen LogP contribution in [0.5, 0.6) is 0 Å². The molecule has 0 spiro atoms. The first kappa shape index (κ1) is 13.3. The molecule has 1 aliphatic rings. The van der Waals surface area contributed by atoms with E-state index in [1.54, 1.807) is 20.8 Å². The van der Waals surface area contributed by atoms with Crippen LogP contribution in [0.3, 0.4) is 0 Å². The van der Waals surface area contributed by atoms with E-state index < -0.39 is 19.8 Å². The van der Waals surface area contributed by atoms with Gasteiger partial charge in [0.1, 0.15) is 0 Å². The van der Waals surface area contributed by atoms with Crippen molar-refractivity contribution in [3.8, 4) is 0 Å². The van der Waals surface area contributed by atoms with E-state index in [1.165, 1.54) is 0 Å². The third-order valence-corrected chi connectivity index (χ3v) is 6.11. The van der Waals surface area contributed by atoms with E-state index in [4.69, 9.17) is 4.74 Å². The number of rotatable bonds is 1. The second kappa shape index (κ2) is 4.63. The molecule has 2 unspecified atom stereocenters. The van der Waals surface area contributed by atoms with Crippen molar-refractivity contribution in [1.29, 1.82) is 0 Å². The van der Waals surface area contributed by atoms with Crippen LogP contribution < -0.4 is 0 Å². The van der Waals surface area contributed by atoms with E-state index >= 15 is 0 Å². The van der Waals surface area contributed by atoms with Crippen molar-refractivity contribution < 1.29 is 13.2 Å². The number of sulfone groups is 1. The summed E-state index contributed by atoms with van der Waals surface area (Å²) in [6.07, 6.45) is 1.43. The van der Waals surface area contributed by atoms with Crippen LogP contribution in [-0.4, -0.2) is 36.9 Å². The maximum atomic E-state index is 12.2. The van der Waals surface area contributed by atoms with Crippen molar-refractivity contribution in [2.24, 2.45) is 0 Å². The van der Waals surface area contributed by atoms with E-state index in [1.807, 2.05) is 0 Å². The SMILES string of the molecule is CC(C)(C)S(=O)(=O)C1COCCC(S)C1. The summed E-state index contributed by atoms with van der Waals surface area (Å²) < 4.78 is 29.0. The quantitative estimate of drug-likeness (QED) is 0.722. The lowest BCUT2D eigenvalue weighted by Gasteiger charge is -2.26. The first-order chi connectivity index (χ1) is 6.75. The van der Waals surface area contributed by atoms with Gasteiger partial charge in [0.05, 0.1) is 16.6 Å². The van der Waals surface area contributed by atoms with Crippen molar-refractivity contribution in [3.05, 3.63) is 0 Å². The van der Waals surface area contributed by atoms with Gasteiger partial charge in [-0.1, -0.05) is 0 Å². The molecule has 0 radical (unpaired) electrons. The Hall–Kier alpha value is 0.260. The van der Waals surface area contributed by atoms with Crippen LogP contribution >= 0.6 is 12.6 Å². The molecule has 0 bridgehead atoms. The van der Waals surface area contributed by atoms with E-state index in [-0.39, 0.29) is 5.25 Å². The zero-order valence-electron chi connectivity index (χ0n) is 9.56. The summed E-state index contributed by atoms with van der Waals surface area (Å²) in [7, 11) is -3.13. The van der Waals surface area contributed by atoms with Crippen molar-refractivity contribution >= 4 is 22.5 Å². The van der Waals surface area contributed by atoms with Crippen molar-refractivity contribution in [3.63, 3.8) is 0 Å². The maximum Gasteiger partial charge on any atom is 0.160 e. The average Bonchev–Trinajstić information content (AvgIpc) is 2.27. The summed E-state index contributed by atoms with van der Waals surface area (Å²) in [5.41, 5.74) is 0. The average molecular weight is 252 g/mol. The molecule has 0 aromatic heterocycles. The van der Waals surface area contributed by atoms with Gasteiger partial charge in [0.25, 0.3) is 0 Å². The minimum absolute atomic E-state index is 0.134. The molecule has 90 valence electrons. The summed E-state index contributed by atoms with van der Waals surface area (Å²) in [4.78, 5) is 0. The van der Waals surface area contributed by atoms with E-state index in [9.17, 15) is 8.42 Å². The van der Waals surface area contributed by atoms with Gasteiger partial charge in [-0.3, -0.25) is 0 Å². The standard InChI is InChI=1S/C10H20O3S2/c1-10(2,3)15(11,12)9-6-8(14)4-5-13-7-9/h8-9,14H,4-7H2,1-3H3. The molecular formula is C10H20O3S2. The molecule has 2 atom stereocenters. The predicted octanol–water partition coefficient (Wildman–Crippen LogP) is 1.68. The van der Waals surface area contributed by atoms with Gasteiger partial charge in [-0.2, -0.15) is 12.6 Å². The molecule has 1 aliphatic heterocycles. The Morgan fingerprint density at radius 1 is 1.33 bits per heavy atom. The van der Waals surface area contributed by atoms with Gasteiger partial charge in [0.15, 0.2) is 9.84 Å². The largest absolute Gasteiger partial charge is 0.380 e. The zero-order chi connectivity index (χ0) is 11.7. The lowest BCUT2D eigenvalue weighted by Crippen LogP contribution is -2.40. The molecule has 0 aliphatic carbocycles. The first-order valence-corrected chi connectivity index (χ1v) is 7.30. The fourth-order valence-electron chi connectivity index (χ4n) is 1.64. The smallest absolute Gasteiger partial charge is 0.160 e. The third-order valence-electron chi connectivity index (χ3n) is 2.73. The Labute approximate surface area is 97.9 Å². The third kappa shape index (κ3) is 3.11. The Balaban J connectivity index is 2.86. The van der Waals surface area contributed by atoms with Crippen LogP contribution in [0.2, 0.25) is 0 Å². The Kier molecular flexibility index (Phi) is 4.12. The Bertz CT molecular complexity index is 303. The lowest BCUT2D eigenvalue weighted by molar-refractivity contribution is 0.145. The highest BCUT2D eigenvalue weighted by Gasteiger charge is 2.38. The van der Waals surface area contributed by atoms with Crippen LogP contribution in [0.1, 0.15) is 33.6 Å². The molecule has 15 heavy (non-hydrogen) atoms. The van der Waals surface area contributed by atoms with Crippen molar-refractivity contribution in [2.45, 2.75) is 48.9 Å². The monoisotopic (exact) mass is 252 g/mol. The van der Waals surface area contributed by atoms with Crippen molar-refractivity contribution in [2.75, 3.05) is 13.2 Å². The molecule has 1 saturated heterocycles. The molecule has 5 heteroatoms. The molecule has 1 heterocycles. The van der Waals surface area contributed by atoms with Crippen LogP contribution in [-0.2, 0) is 14.6 Å². The fourth-order valence-corrected chi connectivity index (χ4v) is 3.90. The Morgan fingerprint density at radius 3 is 2.47 bits per heavy atom. The molecule has 0 aromatic rings. The van der Waals surface area contributed by atoms with Gasteiger partial charge in [-0.25, -0.2) is 8.42 Å². The van der Waals surface area contributed by atoms with E-state index in [0.717, 1.165) is 6.42 Å².